The third-order valence-electron chi connectivity index (χ3n) is 4.45. The number of anilines is 1. The van der Waals surface area contributed by atoms with Crippen molar-refractivity contribution in [3.05, 3.63) is 20.8 Å². The van der Waals surface area contributed by atoms with E-state index in [1.807, 2.05) is 39.5 Å². The molecule has 0 aromatic carbocycles. The van der Waals surface area contributed by atoms with Crippen LogP contribution in [0.15, 0.2) is 9.53 Å². The number of rotatable bonds is 2. The predicted molar refractivity (Wildman–Crippen MR) is 105 cm³/mol. The number of hydrogen-bond acceptors (Lipinski definition) is 6. The fourth-order valence-corrected chi connectivity index (χ4v) is 3.59. The van der Waals surface area contributed by atoms with Gasteiger partial charge in [0.05, 0.1) is 0 Å². The van der Waals surface area contributed by atoms with Gasteiger partial charge in [0.25, 0.3) is 5.56 Å². The number of nitrogens with zero attached hydrogens (tertiary/aromatic N) is 5. The Morgan fingerprint density at radius 3 is 2.67 bits per heavy atom. The SMILES string of the molecule is CCc1[nH]c2nc(Br)nn2c(=O)c1N1CCN(C(=O)OC(C)(C)C)C(C)C1. The van der Waals surface area contributed by atoms with E-state index in [2.05, 4.69) is 31.0 Å². The van der Waals surface area contributed by atoms with Crippen LogP contribution in [0.5, 0.6) is 0 Å². The average Bonchev–Trinajstić information content (AvgIpc) is 2.93. The number of aryl methyl sites for hydroxylation is 1. The average molecular weight is 441 g/mol. The lowest BCUT2D eigenvalue weighted by atomic mass is 10.1. The van der Waals surface area contributed by atoms with Crippen molar-refractivity contribution >= 4 is 33.5 Å². The zero-order valence-electron chi connectivity index (χ0n) is 16.2. The topological polar surface area (TPSA) is 95.8 Å². The van der Waals surface area contributed by atoms with E-state index in [1.54, 1.807) is 4.90 Å². The number of fused-ring (bicyclic) bond motifs is 1. The van der Waals surface area contributed by atoms with Crippen LogP contribution in [0.4, 0.5) is 10.5 Å². The van der Waals surface area contributed by atoms with Crippen LogP contribution in [0.1, 0.15) is 40.3 Å². The van der Waals surface area contributed by atoms with Gasteiger partial charge in [-0.3, -0.25) is 4.79 Å². The molecule has 9 nitrogen and oxygen atoms in total. The molecule has 2 aromatic heterocycles. The molecule has 1 N–H and O–H groups in total. The van der Waals surface area contributed by atoms with Crippen LogP contribution in [0.3, 0.4) is 0 Å². The second-order valence-corrected chi connectivity index (χ2v) is 8.41. The molecule has 1 amide bonds. The van der Waals surface area contributed by atoms with Gasteiger partial charge in [0.1, 0.15) is 11.3 Å². The first-order valence-corrected chi connectivity index (χ1v) is 9.82. The van der Waals surface area contributed by atoms with Crippen molar-refractivity contribution in [3.63, 3.8) is 0 Å². The molecule has 1 aliphatic heterocycles. The lowest BCUT2D eigenvalue weighted by molar-refractivity contribution is 0.0159. The molecule has 0 aliphatic carbocycles. The molecule has 1 atom stereocenters. The predicted octanol–water partition coefficient (Wildman–Crippen LogP) is 2.19. The van der Waals surface area contributed by atoms with Crippen molar-refractivity contribution in [2.45, 2.75) is 52.7 Å². The van der Waals surface area contributed by atoms with Gasteiger partial charge in [-0.25, -0.2) is 4.79 Å². The van der Waals surface area contributed by atoms with Gasteiger partial charge < -0.3 is 19.5 Å². The third-order valence-corrected chi connectivity index (χ3v) is 4.79. The lowest BCUT2D eigenvalue weighted by Gasteiger charge is -2.41. The number of carbonyl (C=O) groups excluding carboxylic acids is 1. The van der Waals surface area contributed by atoms with Crippen molar-refractivity contribution in [2.24, 2.45) is 0 Å². The number of halogens is 1. The maximum atomic E-state index is 13.0. The molecule has 3 heterocycles. The monoisotopic (exact) mass is 440 g/mol. The second-order valence-electron chi connectivity index (χ2n) is 7.70. The Balaban J connectivity index is 1.88. The molecule has 1 fully saturated rings. The first-order valence-electron chi connectivity index (χ1n) is 9.02. The largest absolute Gasteiger partial charge is 0.444 e. The molecule has 0 bridgehead atoms. The van der Waals surface area contributed by atoms with Gasteiger partial charge in [0.15, 0.2) is 0 Å². The van der Waals surface area contributed by atoms with E-state index < -0.39 is 5.60 Å². The van der Waals surface area contributed by atoms with Crippen LogP contribution < -0.4 is 10.5 Å². The fourth-order valence-electron chi connectivity index (χ4n) is 3.27. The van der Waals surface area contributed by atoms with E-state index in [1.165, 1.54) is 4.52 Å². The zero-order chi connectivity index (χ0) is 19.9. The van der Waals surface area contributed by atoms with Gasteiger partial charge >= 0.3 is 6.09 Å². The summed E-state index contributed by atoms with van der Waals surface area (Å²) in [5.41, 5.74) is 0.645. The Morgan fingerprint density at radius 2 is 2.07 bits per heavy atom. The quantitative estimate of drug-likeness (QED) is 0.768. The van der Waals surface area contributed by atoms with Crippen LogP contribution in [-0.2, 0) is 11.2 Å². The highest BCUT2D eigenvalue weighted by atomic mass is 79.9. The molecule has 148 valence electrons. The number of piperazine rings is 1. The van der Waals surface area contributed by atoms with Crippen molar-refractivity contribution in [1.82, 2.24) is 24.5 Å². The van der Waals surface area contributed by atoms with Crippen LogP contribution >= 0.6 is 15.9 Å². The standard InChI is InChI=1S/C17H25BrN6O3/c1-6-11-12(13(25)24-15(19-11)20-14(18)21-24)22-7-8-23(10(2)9-22)16(26)27-17(3,4)5/h10H,6-9H2,1-5H3,(H,19,20,21). The summed E-state index contributed by atoms with van der Waals surface area (Å²) in [7, 11) is 0. The highest BCUT2D eigenvalue weighted by Crippen LogP contribution is 2.22. The number of aromatic nitrogens is 4. The van der Waals surface area contributed by atoms with Crippen LogP contribution in [0.2, 0.25) is 0 Å². The fraction of sp³-hybridized carbons (Fsp3) is 0.647. The summed E-state index contributed by atoms with van der Waals surface area (Å²) < 4.78 is 7.12. The smallest absolute Gasteiger partial charge is 0.410 e. The summed E-state index contributed by atoms with van der Waals surface area (Å²) >= 11 is 3.21. The maximum absolute atomic E-state index is 13.0. The van der Waals surface area contributed by atoms with E-state index in [0.29, 0.717) is 42.3 Å². The van der Waals surface area contributed by atoms with Crippen molar-refractivity contribution < 1.29 is 9.53 Å². The molecular formula is C17H25BrN6O3. The molecule has 3 rings (SSSR count). The normalized spacial score (nSPS) is 18.2. The number of ether oxygens (including phenoxy) is 1. The molecule has 0 spiro atoms. The summed E-state index contributed by atoms with van der Waals surface area (Å²) in [5, 5.41) is 4.11. The Hall–Kier alpha value is -2.10. The number of aromatic amines is 1. The number of hydrogen-bond donors (Lipinski definition) is 1. The van der Waals surface area contributed by atoms with Gasteiger partial charge in [0.2, 0.25) is 10.5 Å². The molecule has 1 saturated heterocycles. The highest BCUT2D eigenvalue weighted by molar-refractivity contribution is 9.10. The van der Waals surface area contributed by atoms with Crippen LogP contribution in [0, 0.1) is 0 Å². The number of amides is 1. The Morgan fingerprint density at radius 1 is 1.37 bits per heavy atom. The van der Waals surface area contributed by atoms with Gasteiger partial charge in [0, 0.05) is 31.4 Å². The molecule has 10 heteroatoms. The molecule has 0 radical (unpaired) electrons. The van der Waals surface area contributed by atoms with Gasteiger partial charge in [-0.15, -0.1) is 5.10 Å². The summed E-state index contributed by atoms with van der Waals surface area (Å²) in [6.45, 7) is 11.1. The van der Waals surface area contributed by atoms with Gasteiger partial charge in [-0.05, 0) is 50.0 Å². The van der Waals surface area contributed by atoms with Gasteiger partial charge in [-0.1, -0.05) is 6.92 Å². The molecule has 1 unspecified atom stereocenters. The first-order chi connectivity index (χ1) is 12.6. The Labute approximate surface area is 165 Å². The minimum Gasteiger partial charge on any atom is -0.444 e. The van der Waals surface area contributed by atoms with Crippen molar-refractivity contribution in [2.75, 3.05) is 24.5 Å². The second kappa shape index (κ2) is 7.14. The van der Waals surface area contributed by atoms with Crippen molar-refractivity contribution in [1.29, 1.82) is 0 Å². The highest BCUT2D eigenvalue weighted by Gasteiger charge is 2.32. The van der Waals surface area contributed by atoms with Crippen LogP contribution in [-0.4, -0.2) is 61.9 Å². The van der Waals surface area contributed by atoms with E-state index in [-0.39, 0.29) is 17.7 Å². The maximum Gasteiger partial charge on any atom is 0.410 e. The Kier molecular flexibility index (Phi) is 5.20. The van der Waals surface area contributed by atoms with E-state index in [9.17, 15) is 9.59 Å². The molecule has 1 aliphatic rings. The molecular weight excluding hydrogens is 416 g/mol. The lowest BCUT2D eigenvalue weighted by Crippen LogP contribution is -2.56. The van der Waals surface area contributed by atoms with E-state index in [4.69, 9.17) is 4.74 Å². The van der Waals surface area contributed by atoms with Gasteiger partial charge in [-0.2, -0.15) is 9.50 Å². The first kappa shape index (κ1) is 19.7. The van der Waals surface area contributed by atoms with Crippen LogP contribution in [0.25, 0.3) is 5.78 Å². The number of H-pyrrole nitrogens is 1. The van der Waals surface area contributed by atoms with Crippen molar-refractivity contribution in [3.8, 4) is 0 Å². The Bertz CT molecular complexity index is 916. The number of nitrogens with one attached hydrogen (secondary N) is 1. The summed E-state index contributed by atoms with van der Waals surface area (Å²) in [6.07, 6.45) is 0.335. The minimum atomic E-state index is -0.536. The minimum absolute atomic E-state index is 0.0871. The summed E-state index contributed by atoms with van der Waals surface area (Å²) in [6, 6.07) is -0.0871. The third kappa shape index (κ3) is 3.95. The molecule has 2 aromatic rings. The van der Waals surface area contributed by atoms with E-state index in [0.717, 1.165) is 5.69 Å². The molecule has 0 saturated carbocycles. The molecule has 27 heavy (non-hydrogen) atoms. The summed E-state index contributed by atoms with van der Waals surface area (Å²) in [5.74, 6) is 0.410. The van der Waals surface area contributed by atoms with E-state index >= 15 is 0 Å². The zero-order valence-corrected chi connectivity index (χ0v) is 17.8. The summed E-state index contributed by atoms with van der Waals surface area (Å²) in [4.78, 5) is 36.5. The number of carbonyl (C=O) groups is 1.